The van der Waals surface area contributed by atoms with Gasteiger partial charge in [-0.05, 0) is 31.0 Å². The van der Waals surface area contributed by atoms with Gasteiger partial charge in [0.1, 0.15) is 0 Å². The van der Waals surface area contributed by atoms with E-state index in [-0.39, 0.29) is 5.54 Å². The third-order valence-electron chi connectivity index (χ3n) is 2.60. The average Bonchev–Trinajstić information content (AvgIpc) is 2.20. The molecule has 0 bridgehead atoms. The minimum absolute atomic E-state index is 0.0536. The van der Waals surface area contributed by atoms with Gasteiger partial charge in [-0.3, -0.25) is 0 Å². The maximum atomic E-state index is 5.86. The average molecular weight is 241 g/mol. The SMILES string of the molecule is CC(C)NC(C)(CN)Cc1ccc(Cl)cc1. The van der Waals surface area contributed by atoms with Crippen LogP contribution in [-0.4, -0.2) is 18.1 Å². The Labute approximate surface area is 103 Å². The molecule has 2 nitrogen and oxygen atoms in total. The largest absolute Gasteiger partial charge is 0.329 e. The lowest BCUT2D eigenvalue weighted by molar-refractivity contribution is 0.332. The molecule has 16 heavy (non-hydrogen) atoms. The molecule has 0 amide bonds. The number of nitrogens with two attached hydrogens (primary N) is 1. The predicted molar refractivity (Wildman–Crippen MR) is 70.9 cm³/mol. The molecule has 0 aliphatic heterocycles. The minimum atomic E-state index is -0.0536. The van der Waals surface area contributed by atoms with Crippen LogP contribution in [0.25, 0.3) is 0 Å². The van der Waals surface area contributed by atoms with Crippen molar-refractivity contribution in [3.8, 4) is 0 Å². The first-order chi connectivity index (χ1) is 7.45. The molecule has 0 aliphatic rings. The quantitative estimate of drug-likeness (QED) is 0.831. The van der Waals surface area contributed by atoms with Crippen LogP contribution in [0.5, 0.6) is 0 Å². The molecule has 90 valence electrons. The Hall–Kier alpha value is -0.570. The molecule has 1 unspecified atom stereocenters. The first kappa shape index (κ1) is 13.5. The van der Waals surface area contributed by atoms with Crippen molar-refractivity contribution in [1.29, 1.82) is 0 Å². The van der Waals surface area contributed by atoms with Crippen LogP contribution in [0.2, 0.25) is 5.02 Å². The molecule has 0 saturated heterocycles. The third kappa shape index (κ3) is 4.12. The van der Waals surface area contributed by atoms with Crippen LogP contribution < -0.4 is 11.1 Å². The van der Waals surface area contributed by atoms with Gasteiger partial charge in [0.05, 0.1) is 0 Å². The topological polar surface area (TPSA) is 38.0 Å². The molecule has 3 heteroatoms. The number of benzene rings is 1. The number of rotatable bonds is 5. The zero-order valence-electron chi connectivity index (χ0n) is 10.3. The van der Waals surface area contributed by atoms with Crippen molar-refractivity contribution in [3.05, 3.63) is 34.9 Å². The highest BCUT2D eigenvalue weighted by atomic mass is 35.5. The zero-order valence-corrected chi connectivity index (χ0v) is 11.0. The summed E-state index contributed by atoms with van der Waals surface area (Å²) in [7, 11) is 0. The lowest BCUT2D eigenvalue weighted by atomic mass is 9.92. The standard InChI is InChI=1S/C13H21ClN2/c1-10(2)16-13(3,9-15)8-11-4-6-12(14)7-5-11/h4-7,10,16H,8-9,15H2,1-3H3. The van der Waals surface area contributed by atoms with Crippen LogP contribution in [0.15, 0.2) is 24.3 Å². The summed E-state index contributed by atoms with van der Waals surface area (Å²) in [6.07, 6.45) is 0.916. The van der Waals surface area contributed by atoms with Crippen molar-refractivity contribution in [2.75, 3.05) is 6.54 Å². The molecule has 1 aromatic rings. The number of hydrogen-bond acceptors (Lipinski definition) is 2. The van der Waals surface area contributed by atoms with E-state index in [2.05, 4.69) is 38.2 Å². The van der Waals surface area contributed by atoms with Gasteiger partial charge < -0.3 is 11.1 Å². The van der Waals surface area contributed by atoms with Crippen LogP contribution in [0.3, 0.4) is 0 Å². The summed E-state index contributed by atoms with van der Waals surface area (Å²) in [5, 5.41) is 4.28. The fourth-order valence-electron chi connectivity index (χ4n) is 1.93. The van der Waals surface area contributed by atoms with Crippen molar-refractivity contribution in [2.24, 2.45) is 5.73 Å². The van der Waals surface area contributed by atoms with Gasteiger partial charge in [-0.2, -0.15) is 0 Å². The minimum Gasteiger partial charge on any atom is -0.329 e. The smallest absolute Gasteiger partial charge is 0.0406 e. The second kappa shape index (κ2) is 5.67. The maximum Gasteiger partial charge on any atom is 0.0406 e. The molecular weight excluding hydrogens is 220 g/mol. The van der Waals surface area contributed by atoms with Crippen LogP contribution >= 0.6 is 11.6 Å². The van der Waals surface area contributed by atoms with E-state index in [9.17, 15) is 0 Å². The Balaban J connectivity index is 2.72. The van der Waals surface area contributed by atoms with Gasteiger partial charge in [-0.1, -0.05) is 37.6 Å². The molecule has 0 heterocycles. The van der Waals surface area contributed by atoms with Gasteiger partial charge in [0.15, 0.2) is 0 Å². The second-order valence-corrected chi connectivity index (χ2v) is 5.30. The van der Waals surface area contributed by atoms with E-state index in [1.165, 1.54) is 5.56 Å². The first-order valence-corrected chi connectivity index (χ1v) is 6.05. The van der Waals surface area contributed by atoms with E-state index < -0.39 is 0 Å². The Morgan fingerprint density at radius 3 is 2.31 bits per heavy atom. The second-order valence-electron chi connectivity index (χ2n) is 4.87. The molecule has 0 saturated carbocycles. The van der Waals surface area contributed by atoms with E-state index in [1.807, 2.05) is 12.1 Å². The third-order valence-corrected chi connectivity index (χ3v) is 2.85. The molecule has 0 aliphatic carbocycles. The Kier molecular flexibility index (Phi) is 4.78. The highest BCUT2D eigenvalue weighted by molar-refractivity contribution is 6.30. The van der Waals surface area contributed by atoms with Crippen LogP contribution in [0, 0.1) is 0 Å². The van der Waals surface area contributed by atoms with Gasteiger partial charge in [0, 0.05) is 23.1 Å². The van der Waals surface area contributed by atoms with Crippen molar-refractivity contribution in [3.63, 3.8) is 0 Å². The zero-order chi connectivity index (χ0) is 12.2. The van der Waals surface area contributed by atoms with Gasteiger partial charge >= 0.3 is 0 Å². The summed E-state index contributed by atoms with van der Waals surface area (Å²) >= 11 is 5.86. The molecule has 0 aromatic heterocycles. The Morgan fingerprint density at radius 1 is 1.31 bits per heavy atom. The number of hydrogen-bond donors (Lipinski definition) is 2. The summed E-state index contributed by atoms with van der Waals surface area (Å²) < 4.78 is 0. The van der Waals surface area contributed by atoms with E-state index in [0.717, 1.165) is 11.4 Å². The van der Waals surface area contributed by atoms with Crippen LogP contribution in [0.4, 0.5) is 0 Å². The molecule has 1 atom stereocenters. The molecular formula is C13H21ClN2. The fraction of sp³-hybridized carbons (Fsp3) is 0.538. The van der Waals surface area contributed by atoms with Crippen LogP contribution in [-0.2, 0) is 6.42 Å². The highest BCUT2D eigenvalue weighted by Crippen LogP contribution is 2.16. The molecule has 1 rings (SSSR count). The summed E-state index contributed by atoms with van der Waals surface area (Å²) in [6.45, 7) is 7.04. The predicted octanol–water partition coefficient (Wildman–Crippen LogP) is 2.60. The number of nitrogens with one attached hydrogen (secondary N) is 1. The Morgan fingerprint density at radius 2 is 1.88 bits per heavy atom. The van der Waals surface area contributed by atoms with Crippen molar-refractivity contribution < 1.29 is 0 Å². The van der Waals surface area contributed by atoms with E-state index in [0.29, 0.717) is 12.6 Å². The maximum absolute atomic E-state index is 5.86. The van der Waals surface area contributed by atoms with Gasteiger partial charge in [-0.15, -0.1) is 0 Å². The van der Waals surface area contributed by atoms with Gasteiger partial charge in [0.2, 0.25) is 0 Å². The van der Waals surface area contributed by atoms with Crippen LogP contribution in [0.1, 0.15) is 26.3 Å². The summed E-state index contributed by atoms with van der Waals surface area (Å²) in [6, 6.07) is 8.38. The monoisotopic (exact) mass is 240 g/mol. The molecule has 0 fully saturated rings. The molecule has 0 radical (unpaired) electrons. The lowest BCUT2D eigenvalue weighted by Crippen LogP contribution is -2.53. The van der Waals surface area contributed by atoms with Crippen molar-refractivity contribution >= 4 is 11.6 Å². The molecule has 1 aromatic carbocycles. The summed E-state index contributed by atoms with van der Waals surface area (Å²) in [5.41, 5.74) is 7.05. The molecule has 0 spiro atoms. The normalized spacial score (nSPS) is 15.1. The first-order valence-electron chi connectivity index (χ1n) is 5.67. The van der Waals surface area contributed by atoms with Crippen molar-refractivity contribution in [1.82, 2.24) is 5.32 Å². The molecule has 3 N–H and O–H groups in total. The van der Waals surface area contributed by atoms with Gasteiger partial charge in [0.25, 0.3) is 0 Å². The highest BCUT2D eigenvalue weighted by Gasteiger charge is 2.23. The Bertz CT molecular complexity index is 321. The lowest BCUT2D eigenvalue weighted by Gasteiger charge is -2.32. The van der Waals surface area contributed by atoms with Crippen molar-refractivity contribution in [2.45, 2.75) is 38.8 Å². The summed E-state index contributed by atoms with van der Waals surface area (Å²) in [4.78, 5) is 0. The van der Waals surface area contributed by atoms with E-state index in [4.69, 9.17) is 17.3 Å². The fourth-order valence-corrected chi connectivity index (χ4v) is 2.06. The number of halogens is 1. The van der Waals surface area contributed by atoms with E-state index >= 15 is 0 Å². The summed E-state index contributed by atoms with van der Waals surface area (Å²) in [5.74, 6) is 0. The van der Waals surface area contributed by atoms with Gasteiger partial charge in [-0.25, -0.2) is 0 Å². The van der Waals surface area contributed by atoms with E-state index in [1.54, 1.807) is 0 Å².